The van der Waals surface area contributed by atoms with Gasteiger partial charge in [0.1, 0.15) is 5.01 Å². The number of thiazole rings is 1. The van der Waals surface area contributed by atoms with E-state index in [2.05, 4.69) is 11.4 Å². The number of amides is 1. The largest absolute Gasteiger partial charge is 0.377 e. The summed E-state index contributed by atoms with van der Waals surface area (Å²) in [7, 11) is 0. The molecule has 2 aromatic rings. The van der Waals surface area contributed by atoms with Gasteiger partial charge in [-0.1, -0.05) is 12.1 Å². The number of aromatic nitrogens is 1. The summed E-state index contributed by atoms with van der Waals surface area (Å²) in [4.78, 5) is 19.4. The van der Waals surface area contributed by atoms with Gasteiger partial charge in [0.05, 0.1) is 28.9 Å². The molecule has 5 nitrogen and oxygen atoms in total. The van der Waals surface area contributed by atoms with Gasteiger partial charge in [-0.15, -0.1) is 11.3 Å². The number of benzene rings is 1. The van der Waals surface area contributed by atoms with E-state index >= 15 is 0 Å². The molecule has 0 radical (unpaired) electrons. The molecule has 0 bridgehead atoms. The Kier molecular flexibility index (Phi) is 4.78. The van der Waals surface area contributed by atoms with E-state index in [0.29, 0.717) is 6.54 Å². The van der Waals surface area contributed by atoms with Crippen LogP contribution in [0.4, 0.5) is 0 Å². The highest BCUT2D eigenvalue weighted by atomic mass is 32.1. The van der Waals surface area contributed by atoms with Crippen LogP contribution in [0, 0.1) is 0 Å². The summed E-state index contributed by atoms with van der Waals surface area (Å²) in [6.07, 6.45) is 4.57. The number of ether oxygens (including phenoxy) is 1. The van der Waals surface area contributed by atoms with Gasteiger partial charge >= 0.3 is 0 Å². The Morgan fingerprint density at radius 3 is 3.08 bits per heavy atom. The molecule has 2 atom stereocenters. The van der Waals surface area contributed by atoms with Gasteiger partial charge in [0, 0.05) is 19.7 Å². The van der Waals surface area contributed by atoms with E-state index in [-0.39, 0.29) is 18.1 Å². The molecule has 2 unspecified atom stereocenters. The zero-order valence-electron chi connectivity index (χ0n) is 13.7. The number of hydrogen-bond acceptors (Lipinski definition) is 5. The van der Waals surface area contributed by atoms with Crippen molar-refractivity contribution in [2.75, 3.05) is 26.2 Å². The first-order valence-corrected chi connectivity index (χ1v) is 9.60. The van der Waals surface area contributed by atoms with Crippen LogP contribution in [0.2, 0.25) is 0 Å². The minimum Gasteiger partial charge on any atom is -0.377 e. The number of rotatable bonds is 5. The molecule has 0 spiro atoms. The van der Waals surface area contributed by atoms with Crippen LogP contribution in [0.15, 0.2) is 24.3 Å². The van der Waals surface area contributed by atoms with Crippen LogP contribution >= 0.6 is 11.3 Å². The molecule has 3 heterocycles. The molecule has 1 aromatic carbocycles. The summed E-state index contributed by atoms with van der Waals surface area (Å²) in [5.74, 6) is 0.176. The molecule has 6 heteroatoms. The smallest absolute Gasteiger partial charge is 0.237 e. The van der Waals surface area contributed by atoms with E-state index in [1.54, 1.807) is 11.3 Å². The lowest BCUT2D eigenvalue weighted by Gasteiger charge is -2.23. The van der Waals surface area contributed by atoms with E-state index < -0.39 is 0 Å². The second-order valence-corrected chi connectivity index (χ2v) is 7.59. The highest BCUT2D eigenvalue weighted by molar-refractivity contribution is 7.18. The van der Waals surface area contributed by atoms with Gasteiger partial charge in [0.15, 0.2) is 0 Å². The van der Waals surface area contributed by atoms with Crippen molar-refractivity contribution in [3.63, 3.8) is 0 Å². The Morgan fingerprint density at radius 2 is 2.25 bits per heavy atom. The van der Waals surface area contributed by atoms with E-state index in [1.165, 1.54) is 4.70 Å². The van der Waals surface area contributed by atoms with Crippen LogP contribution in [0.5, 0.6) is 0 Å². The Morgan fingerprint density at radius 1 is 1.33 bits per heavy atom. The molecular weight excluding hydrogens is 322 g/mol. The summed E-state index contributed by atoms with van der Waals surface area (Å²) in [5.41, 5.74) is 1.04. The van der Waals surface area contributed by atoms with Gasteiger partial charge in [-0.2, -0.15) is 0 Å². The molecular formula is C18H23N3O2S. The number of nitrogens with zero attached hydrogens (tertiary/aromatic N) is 2. The standard InChI is InChI=1S/C18H23N3O2S/c22-17(12-19-11-13-5-4-10-23-13)21-9-3-7-15(21)18-20-14-6-1-2-8-16(14)24-18/h1-2,6,8,13,15,19H,3-5,7,9-12H2. The number of hydrogen-bond donors (Lipinski definition) is 1. The lowest BCUT2D eigenvalue weighted by Crippen LogP contribution is -2.39. The van der Waals surface area contributed by atoms with Gasteiger partial charge in [-0.3, -0.25) is 4.79 Å². The predicted molar refractivity (Wildman–Crippen MR) is 95.2 cm³/mol. The number of likely N-dealkylation sites (tertiary alicyclic amines) is 1. The number of fused-ring (bicyclic) bond motifs is 1. The highest BCUT2D eigenvalue weighted by Gasteiger charge is 2.32. The van der Waals surface area contributed by atoms with Crippen molar-refractivity contribution in [1.82, 2.24) is 15.2 Å². The molecule has 1 aromatic heterocycles. The maximum Gasteiger partial charge on any atom is 0.237 e. The van der Waals surface area contributed by atoms with E-state index in [9.17, 15) is 4.79 Å². The summed E-state index contributed by atoms with van der Waals surface area (Å²) in [5, 5.41) is 4.34. The molecule has 2 saturated heterocycles. The predicted octanol–water partition coefficient (Wildman–Crippen LogP) is 2.73. The number of carbonyl (C=O) groups is 1. The molecule has 0 saturated carbocycles. The Labute approximate surface area is 146 Å². The Bertz CT molecular complexity index is 678. The van der Waals surface area contributed by atoms with Crippen LogP contribution in [0.25, 0.3) is 10.2 Å². The van der Waals surface area contributed by atoms with Crippen LogP contribution in [-0.2, 0) is 9.53 Å². The van der Waals surface area contributed by atoms with Crippen molar-refractivity contribution in [3.05, 3.63) is 29.3 Å². The monoisotopic (exact) mass is 345 g/mol. The van der Waals surface area contributed by atoms with E-state index in [1.807, 2.05) is 23.1 Å². The first-order chi connectivity index (χ1) is 11.8. The third-order valence-corrected chi connectivity index (χ3v) is 5.98. The average molecular weight is 345 g/mol. The fraction of sp³-hybridized carbons (Fsp3) is 0.556. The van der Waals surface area contributed by atoms with Gasteiger partial charge in [-0.05, 0) is 37.8 Å². The fourth-order valence-corrected chi connectivity index (χ4v) is 4.72. The minimum absolute atomic E-state index is 0.138. The maximum atomic E-state index is 12.6. The number of nitrogens with one attached hydrogen (secondary N) is 1. The number of carbonyl (C=O) groups excluding carboxylic acids is 1. The van der Waals surface area contributed by atoms with Crippen molar-refractivity contribution < 1.29 is 9.53 Å². The molecule has 2 fully saturated rings. The first-order valence-electron chi connectivity index (χ1n) is 8.78. The van der Waals surface area contributed by atoms with Crippen LogP contribution in [0.1, 0.15) is 36.7 Å². The molecule has 128 valence electrons. The quantitative estimate of drug-likeness (QED) is 0.905. The second kappa shape index (κ2) is 7.17. The lowest BCUT2D eigenvalue weighted by atomic mass is 10.2. The molecule has 2 aliphatic heterocycles. The highest BCUT2D eigenvalue weighted by Crippen LogP contribution is 2.36. The maximum absolute atomic E-state index is 12.6. The molecule has 24 heavy (non-hydrogen) atoms. The SMILES string of the molecule is O=C(CNCC1CCCO1)N1CCCC1c1nc2ccccc2s1. The number of para-hydroxylation sites is 1. The van der Waals surface area contributed by atoms with Crippen molar-refractivity contribution >= 4 is 27.5 Å². The van der Waals surface area contributed by atoms with Gasteiger partial charge < -0.3 is 15.0 Å². The summed E-state index contributed by atoms with van der Waals surface area (Å²) < 4.78 is 6.79. The third-order valence-electron chi connectivity index (χ3n) is 4.84. The van der Waals surface area contributed by atoms with Crippen LogP contribution in [-0.4, -0.2) is 48.1 Å². The Balaban J connectivity index is 1.39. The van der Waals surface area contributed by atoms with Crippen molar-refractivity contribution in [1.29, 1.82) is 0 Å². The minimum atomic E-state index is 0.138. The Hall–Kier alpha value is -1.50. The molecule has 1 N–H and O–H groups in total. The van der Waals surface area contributed by atoms with Crippen LogP contribution in [0.3, 0.4) is 0 Å². The zero-order chi connectivity index (χ0) is 16.4. The average Bonchev–Trinajstić information content (AvgIpc) is 3.33. The zero-order valence-corrected chi connectivity index (χ0v) is 14.6. The van der Waals surface area contributed by atoms with Gasteiger partial charge in [0.25, 0.3) is 0 Å². The van der Waals surface area contributed by atoms with Crippen molar-refractivity contribution in [2.24, 2.45) is 0 Å². The van der Waals surface area contributed by atoms with Crippen LogP contribution < -0.4 is 5.32 Å². The van der Waals surface area contributed by atoms with Gasteiger partial charge in [0.2, 0.25) is 5.91 Å². The fourth-order valence-electron chi connectivity index (χ4n) is 3.60. The summed E-state index contributed by atoms with van der Waals surface area (Å²) in [6, 6.07) is 8.33. The lowest BCUT2D eigenvalue weighted by molar-refractivity contribution is -0.131. The molecule has 0 aliphatic carbocycles. The molecule has 4 rings (SSSR count). The molecule has 1 amide bonds. The third kappa shape index (κ3) is 3.31. The summed E-state index contributed by atoms with van der Waals surface area (Å²) in [6.45, 7) is 2.85. The van der Waals surface area contributed by atoms with Gasteiger partial charge in [-0.25, -0.2) is 4.98 Å². The molecule has 2 aliphatic rings. The van der Waals surface area contributed by atoms with Crippen molar-refractivity contribution in [3.8, 4) is 0 Å². The topological polar surface area (TPSA) is 54.5 Å². The first kappa shape index (κ1) is 16.0. The van der Waals surface area contributed by atoms with Crippen molar-refractivity contribution in [2.45, 2.75) is 37.8 Å². The summed E-state index contributed by atoms with van der Waals surface area (Å²) >= 11 is 1.71. The normalized spacial score (nSPS) is 24.1. The second-order valence-electron chi connectivity index (χ2n) is 6.53. The van der Waals surface area contributed by atoms with E-state index in [0.717, 1.165) is 55.9 Å². The van der Waals surface area contributed by atoms with E-state index in [4.69, 9.17) is 9.72 Å².